The molecule has 0 aromatic heterocycles. The van der Waals surface area contributed by atoms with Crippen molar-refractivity contribution in [1.82, 2.24) is 0 Å². The van der Waals surface area contributed by atoms with Crippen LogP contribution in [0.3, 0.4) is 0 Å². The van der Waals surface area contributed by atoms with E-state index in [1.165, 1.54) is 18.2 Å². The first-order valence-corrected chi connectivity index (χ1v) is 11.9. The fraction of sp³-hybridized carbons (Fsp3) is 0.185. The largest absolute Gasteiger partial charge is 0.490 e. The topological polar surface area (TPSA) is 71.3 Å². The second-order valence-corrected chi connectivity index (χ2v) is 8.52. The van der Waals surface area contributed by atoms with Crippen LogP contribution in [-0.4, -0.2) is 12.5 Å². The maximum Gasteiger partial charge on any atom is 0.266 e. The summed E-state index contributed by atoms with van der Waals surface area (Å²) in [6.45, 7) is 4.48. The van der Waals surface area contributed by atoms with Gasteiger partial charge in [-0.15, -0.1) is 0 Å². The van der Waals surface area contributed by atoms with Crippen molar-refractivity contribution in [1.29, 1.82) is 5.26 Å². The van der Waals surface area contributed by atoms with Crippen molar-refractivity contribution in [3.05, 3.63) is 92.3 Å². The fourth-order valence-corrected chi connectivity index (χ4v) is 3.98. The number of amides is 1. The van der Waals surface area contributed by atoms with Gasteiger partial charge in [0.2, 0.25) is 0 Å². The highest BCUT2D eigenvalue weighted by molar-refractivity contribution is 14.1. The molecule has 7 heteroatoms. The minimum atomic E-state index is -0.494. The third-order valence-electron chi connectivity index (χ3n) is 4.90. The Balaban J connectivity index is 1.82. The minimum absolute atomic E-state index is 0.0359. The monoisotopic (exact) mass is 570 g/mol. The van der Waals surface area contributed by atoms with E-state index in [1.54, 1.807) is 24.3 Å². The van der Waals surface area contributed by atoms with E-state index in [0.29, 0.717) is 34.9 Å². The van der Waals surface area contributed by atoms with Gasteiger partial charge in [-0.1, -0.05) is 31.2 Å². The summed E-state index contributed by atoms with van der Waals surface area (Å²) in [4.78, 5) is 12.7. The van der Waals surface area contributed by atoms with Gasteiger partial charge in [0.15, 0.2) is 11.5 Å². The van der Waals surface area contributed by atoms with Crippen LogP contribution < -0.4 is 14.8 Å². The molecule has 0 aliphatic rings. The van der Waals surface area contributed by atoms with Crippen LogP contribution in [0.4, 0.5) is 10.1 Å². The highest BCUT2D eigenvalue weighted by Gasteiger charge is 2.15. The van der Waals surface area contributed by atoms with Crippen LogP contribution in [0.5, 0.6) is 11.5 Å². The van der Waals surface area contributed by atoms with Crippen LogP contribution in [0.25, 0.3) is 6.08 Å². The van der Waals surface area contributed by atoms with E-state index in [2.05, 4.69) is 34.8 Å². The van der Waals surface area contributed by atoms with Gasteiger partial charge in [-0.3, -0.25) is 4.79 Å². The number of nitrogens with zero attached hydrogens (tertiary/aromatic N) is 1. The lowest BCUT2D eigenvalue weighted by Crippen LogP contribution is -2.13. The molecular weight excluding hydrogens is 546 g/mol. The molecule has 0 heterocycles. The van der Waals surface area contributed by atoms with Crippen LogP contribution in [-0.2, 0) is 17.8 Å². The van der Waals surface area contributed by atoms with Crippen LogP contribution in [0.1, 0.15) is 30.5 Å². The number of carbonyl (C=O) groups is 1. The normalized spacial score (nSPS) is 11.0. The number of nitrogens with one attached hydrogen (secondary N) is 1. The smallest absolute Gasteiger partial charge is 0.266 e. The number of hydrogen-bond donors (Lipinski definition) is 1. The quantitative estimate of drug-likeness (QED) is 0.181. The Morgan fingerprint density at radius 1 is 1.09 bits per heavy atom. The van der Waals surface area contributed by atoms with Crippen LogP contribution in [0.2, 0.25) is 0 Å². The second-order valence-electron chi connectivity index (χ2n) is 7.36. The van der Waals surface area contributed by atoms with Gasteiger partial charge in [-0.2, -0.15) is 5.26 Å². The van der Waals surface area contributed by atoms with Crippen molar-refractivity contribution in [2.24, 2.45) is 0 Å². The van der Waals surface area contributed by atoms with Crippen LogP contribution >= 0.6 is 22.6 Å². The zero-order chi connectivity index (χ0) is 24.5. The third-order valence-corrected chi connectivity index (χ3v) is 5.70. The molecule has 34 heavy (non-hydrogen) atoms. The number of aryl methyl sites for hydroxylation is 1. The highest BCUT2D eigenvalue weighted by atomic mass is 127. The first-order valence-electron chi connectivity index (χ1n) is 10.8. The van der Waals surface area contributed by atoms with Crippen molar-refractivity contribution in [2.75, 3.05) is 11.9 Å². The summed E-state index contributed by atoms with van der Waals surface area (Å²) in [5.74, 6) is 0.170. The van der Waals surface area contributed by atoms with Gasteiger partial charge in [0.1, 0.15) is 24.1 Å². The highest BCUT2D eigenvalue weighted by Crippen LogP contribution is 2.35. The first kappa shape index (κ1) is 25.2. The predicted molar refractivity (Wildman–Crippen MR) is 139 cm³/mol. The van der Waals surface area contributed by atoms with Crippen molar-refractivity contribution < 1.29 is 18.7 Å². The van der Waals surface area contributed by atoms with E-state index in [-0.39, 0.29) is 18.0 Å². The lowest BCUT2D eigenvalue weighted by atomic mass is 10.1. The minimum Gasteiger partial charge on any atom is -0.490 e. The van der Waals surface area contributed by atoms with Gasteiger partial charge >= 0.3 is 0 Å². The van der Waals surface area contributed by atoms with Gasteiger partial charge in [-0.05, 0) is 95.1 Å². The van der Waals surface area contributed by atoms with E-state index >= 15 is 0 Å². The van der Waals surface area contributed by atoms with E-state index in [0.717, 1.165) is 15.6 Å². The van der Waals surface area contributed by atoms with Crippen LogP contribution in [0, 0.1) is 20.7 Å². The Kier molecular flexibility index (Phi) is 9.05. The average molecular weight is 570 g/mol. The molecule has 1 N–H and O–H groups in total. The summed E-state index contributed by atoms with van der Waals surface area (Å²) >= 11 is 2.11. The maximum absolute atomic E-state index is 13.5. The predicted octanol–water partition coefficient (Wildman–Crippen LogP) is 6.52. The zero-order valence-electron chi connectivity index (χ0n) is 18.9. The van der Waals surface area contributed by atoms with Crippen LogP contribution in [0.15, 0.2) is 66.2 Å². The number of carbonyl (C=O) groups excluding carboxylic acids is 1. The van der Waals surface area contributed by atoms with Gasteiger partial charge in [0.05, 0.1) is 10.2 Å². The molecule has 0 radical (unpaired) electrons. The number of benzene rings is 3. The Morgan fingerprint density at radius 3 is 2.50 bits per heavy atom. The molecule has 0 unspecified atom stereocenters. The van der Waals surface area contributed by atoms with Crippen molar-refractivity contribution in [2.45, 2.75) is 26.9 Å². The third kappa shape index (κ3) is 6.81. The summed E-state index contributed by atoms with van der Waals surface area (Å²) in [6, 6.07) is 19.2. The Labute approximate surface area is 212 Å². The lowest BCUT2D eigenvalue weighted by molar-refractivity contribution is -0.112. The molecule has 0 fully saturated rings. The summed E-state index contributed by atoms with van der Waals surface area (Å²) < 4.78 is 25.9. The van der Waals surface area contributed by atoms with E-state index in [1.807, 2.05) is 37.3 Å². The van der Waals surface area contributed by atoms with Crippen molar-refractivity contribution in [3.63, 3.8) is 0 Å². The Bertz CT molecular complexity index is 1230. The summed E-state index contributed by atoms with van der Waals surface area (Å²) in [6.07, 6.45) is 2.41. The molecule has 0 saturated carbocycles. The van der Waals surface area contributed by atoms with E-state index < -0.39 is 5.91 Å². The van der Waals surface area contributed by atoms with Crippen molar-refractivity contribution >= 4 is 40.3 Å². The second kappa shape index (κ2) is 12.2. The SMILES string of the molecule is CCOc1cc(/C=C(\C#N)C(=O)Nc2ccc(CC)cc2)cc(I)c1OCc1cccc(F)c1. The van der Waals surface area contributed by atoms with Gasteiger partial charge in [0.25, 0.3) is 5.91 Å². The van der Waals surface area contributed by atoms with Crippen molar-refractivity contribution in [3.8, 4) is 17.6 Å². The average Bonchev–Trinajstić information content (AvgIpc) is 2.82. The zero-order valence-corrected chi connectivity index (χ0v) is 21.1. The number of anilines is 1. The molecule has 5 nitrogen and oxygen atoms in total. The molecule has 174 valence electrons. The molecule has 0 aliphatic carbocycles. The van der Waals surface area contributed by atoms with E-state index in [4.69, 9.17) is 9.47 Å². The molecular formula is C27H24FIN2O3. The Morgan fingerprint density at radius 2 is 1.85 bits per heavy atom. The lowest BCUT2D eigenvalue weighted by Gasteiger charge is -2.15. The fourth-order valence-electron chi connectivity index (χ4n) is 3.19. The Hall–Kier alpha value is -3.38. The van der Waals surface area contributed by atoms with Gasteiger partial charge in [-0.25, -0.2) is 4.39 Å². The molecule has 0 aliphatic heterocycles. The number of ether oxygens (including phenoxy) is 2. The van der Waals surface area contributed by atoms with E-state index in [9.17, 15) is 14.4 Å². The molecule has 3 aromatic carbocycles. The number of rotatable bonds is 9. The number of halogens is 2. The molecule has 3 rings (SSSR count). The van der Waals surface area contributed by atoms with Gasteiger partial charge < -0.3 is 14.8 Å². The molecule has 0 spiro atoms. The number of nitriles is 1. The molecule has 3 aromatic rings. The molecule has 0 bridgehead atoms. The summed E-state index contributed by atoms with van der Waals surface area (Å²) in [7, 11) is 0. The molecule has 1 amide bonds. The summed E-state index contributed by atoms with van der Waals surface area (Å²) in [5, 5.41) is 12.3. The number of hydrogen-bond acceptors (Lipinski definition) is 4. The van der Waals surface area contributed by atoms with Gasteiger partial charge in [0, 0.05) is 5.69 Å². The molecule has 0 saturated heterocycles. The standard InChI is InChI=1S/C27H24FIN2O3/c1-3-18-8-10-23(11-9-18)31-27(32)21(16-30)12-20-14-24(29)26(25(15-20)33-4-2)34-17-19-6-5-7-22(28)13-19/h5-15H,3-4,17H2,1-2H3,(H,31,32)/b21-12+. The maximum atomic E-state index is 13.5. The molecule has 0 atom stereocenters. The summed E-state index contributed by atoms with van der Waals surface area (Å²) in [5.41, 5.74) is 3.06. The first-order chi connectivity index (χ1) is 16.4.